The van der Waals surface area contributed by atoms with Gasteiger partial charge >= 0.3 is 0 Å². The van der Waals surface area contributed by atoms with Gasteiger partial charge in [-0.05, 0) is 19.2 Å². The molecule has 0 saturated heterocycles. The minimum Gasteiger partial charge on any atom is -0.319 e. The van der Waals surface area contributed by atoms with Crippen molar-refractivity contribution < 1.29 is 8.42 Å². The Balaban J connectivity index is 0.00000169. The second-order valence-electron chi connectivity index (χ2n) is 2.74. The molecule has 1 aromatic rings. The summed E-state index contributed by atoms with van der Waals surface area (Å²) in [6.07, 6.45) is 0. The third kappa shape index (κ3) is 3.65. The second-order valence-corrected chi connectivity index (χ2v) is 4.84. The van der Waals surface area contributed by atoms with Crippen molar-refractivity contribution in [2.24, 2.45) is 0 Å². The fraction of sp³-hybridized carbons (Fsp3) is 0.333. The van der Waals surface area contributed by atoms with Gasteiger partial charge in [-0.15, -0.1) is 12.4 Å². The monoisotopic (exact) mass is 235 g/mol. The summed E-state index contributed by atoms with van der Waals surface area (Å²) < 4.78 is 23.1. The van der Waals surface area contributed by atoms with Gasteiger partial charge in [0.25, 0.3) is 0 Å². The summed E-state index contributed by atoms with van der Waals surface area (Å²) in [7, 11) is -1.35. The smallest absolute Gasteiger partial charge is 0.179 e. The van der Waals surface area contributed by atoms with Crippen LogP contribution in [0.1, 0.15) is 0 Å². The van der Waals surface area contributed by atoms with Crippen LogP contribution in [0.5, 0.6) is 0 Å². The minimum atomic E-state index is -3.08. The summed E-state index contributed by atoms with van der Waals surface area (Å²) in [5.41, 5.74) is 0. The second kappa shape index (κ2) is 6.01. The lowest BCUT2D eigenvalue weighted by Crippen LogP contribution is -2.19. The van der Waals surface area contributed by atoms with Gasteiger partial charge in [0.15, 0.2) is 9.84 Å². The van der Waals surface area contributed by atoms with Crippen LogP contribution in [0.3, 0.4) is 0 Å². The summed E-state index contributed by atoms with van der Waals surface area (Å²) in [4.78, 5) is 0.394. The molecule has 0 aliphatic carbocycles. The number of benzene rings is 1. The average molecular weight is 236 g/mol. The van der Waals surface area contributed by atoms with Crippen LogP contribution >= 0.6 is 12.4 Å². The molecule has 0 fully saturated rings. The molecular weight excluding hydrogens is 222 g/mol. The molecule has 0 bridgehead atoms. The Morgan fingerprint density at radius 2 is 1.79 bits per heavy atom. The van der Waals surface area contributed by atoms with E-state index in [9.17, 15) is 8.42 Å². The van der Waals surface area contributed by atoms with Gasteiger partial charge in [-0.25, -0.2) is 8.42 Å². The van der Waals surface area contributed by atoms with E-state index in [1.54, 1.807) is 37.4 Å². The maximum atomic E-state index is 11.6. The lowest BCUT2D eigenvalue weighted by molar-refractivity contribution is 0.593. The van der Waals surface area contributed by atoms with E-state index < -0.39 is 9.84 Å². The van der Waals surface area contributed by atoms with Crippen molar-refractivity contribution in [2.45, 2.75) is 4.90 Å². The number of halogens is 1. The molecule has 0 aliphatic rings. The van der Waals surface area contributed by atoms with Gasteiger partial charge in [-0.3, -0.25) is 0 Å². The van der Waals surface area contributed by atoms with Crippen LogP contribution in [-0.4, -0.2) is 27.8 Å². The predicted octanol–water partition coefficient (Wildman–Crippen LogP) is 1.10. The predicted molar refractivity (Wildman–Crippen MR) is 59.7 cm³/mol. The van der Waals surface area contributed by atoms with Crippen LogP contribution in [0.15, 0.2) is 35.2 Å². The maximum Gasteiger partial charge on any atom is 0.179 e. The molecule has 0 spiro atoms. The zero-order valence-corrected chi connectivity index (χ0v) is 9.57. The molecule has 0 amide bonds. The van der Waals surface area contributed by atoms with Gasteiger partial charge < -0.3 is 5.32 Å². The van der Waals surface area contributed by atoms with E-state index >= 15 is 0 Å². The zero-order chi connectivity index (χ0) is 9.73. The highest BCUT2D eigenvalue weighted by molar-refractivity contribution is 7.91. The third-order valence-corrected chi connectivity index (χ3v) is 3.46. The Bertz CT molecular complexity index is 350. The van der Waals surface area contributed by atoms with Crippen molar-refractivity contribution in [1.29, 1.82) is 0 Å². The van der Waals surface area contributed by atoms with Crippen LogP contribution in [0.4, 0.5) is 0 Å². The molecule has 0 heterocycles. The molecule has 14 heavy (non-hydrogen) atoms. The molecular formula is C9H14ClNO2S. The van der Waals surface area contributed by atoms with Crippen molar-refractivity contribution in [3.8, 4) is 0 Å². The normalized spacial score (nSPS) is 10.6. The van der Waals surface area contributed by atoms with E-state index in [-0.39, 0.29) is 18.2 Å². The van der Waals surface area contributed by atoms with E-state index in [1.807, 2.05) is 0 Å². The summed E-state index contributed by atoms with van der Waals surface area (Å²) in [6.45, 7) is 0.483. The number of nitrogens with one attached hydrogen (secondary N) is 1. The Labute approximate surface area is 90.9 Å². The van der Waals surface area contributed by atoms with Crippen molar-refractivity contribution in [3.63, 3.8) is 0 Å². The third-order valence-electron chi connectivity index (χ3n) is 1.72. The van der Waals surface area contributed by atoms with Gasteiger partial charge in [0.2, 0.25) is 0 Å². The standard InChI is InChI=1S/C9H13NO2S.ClH/c1-10-7-8-13(11,12)9-5-3-2-4-6-9;/h2-6,10H,7-8H2,1H3;1H. The first-order valence-electron chi connectivity index (χ1n) is 4.09. The Kier molecular flexibility index (Phi) is 5.76. The van der Waals surface area contributed by atoms with Gasteiger partial charge in [-0.2, -0.15) is 0 Å². The number of hydrogen-bond donors (Lipinski definition) is 1. The summed E-state index contributed by atoms with van der Waals surface area (Å²) in [5.74, 6) is 0.146. The van der Waals surface area contributed by atoms with Gasteiger partial charge in [0, 0.05) is 6.54 Å². The Morgan fingerprint density at radius 3 is 2.29 bits per heavy atom. The molecule has 5 heteroatoms. The lowest BCUT2D eigenvalue weighted by Gasteiger charge is -2.02. The summed E-state index contributed by atoms with van der Waals surface area (Å²) in [5, 5.41) is 2.81. The quantitative estimate of drug-likeness (QED) is 0.850. The highest BCUT2D eigenvalue weighted by Crippen LogP contribution is 2.08. The van der Waals surface area contributed by atoms with Crippen LogP contribution in [0.2, 0.25) is 0 Å². The van der Waals surface area contributed by atoms with E-state index in [0.29, 0.717) is 11.4 Å². The van der Waals surface area contributed by atoms with Crippen molar-refractivity contribution >= 4 is 22.2 Å². The van der Waals surface area contributed by atoms with Crippen molar-refractivity contribution in [2.75, 3.05) is 19.3 Å². The first kappa shape index (κ1) is 13.4. The minimum absolute atomic E-state index is 0. The molecule has 0 unspecified atom stereocenters. The highest BCUT2D eigenvalue weighted by atomic mass is 35.5. The zero-order valence-electron chi connectivity index (χ0n) is 7.93. The molecule has 3 nitrogen and oxygen atoms in total. The van der Waals surface area contributed by atoms with E-state index in [4.69, 9.17) is 0 Å². The number of rotatable bonds is 4. The van der Waals surface area contributed by atoms with Gasteiger partial charge in [0.1, 0.15) is 0 Å². The summed E-state index contributed by atoms with van der Waals surface area (Å²) in [6, 6.07) is 8.49. The van der Waals surface area contributed by atoms with Gasteiger partial charge in [0.05, 0.1) is 10.6 Å². The Morgan fingerprint density at radius 1 is 1.21 bits per heavy atom. The molecule has 80 valence electrons. The van der Waals surface area contributed by atoms with Crippen LogP contribution in [0, 0.1) is 0 Å². The first-order chi connectivity index (χ1) is 6.17. The Hall–Kier alpha value is -0.580. The van der Waals surface area contributed by atoms with E-state index in [1.165, 1.54) is 0 Å². The van der Waals surface area contributed by atoms with Crippen LogP contribution in [-0.2, 0) is 9.84 Å². The van der Waals surface area contributed by atoms with E-state index in [2.05, 4.69) is 5.32 Å². The molecule has 0 aromatic heterocycles. The number of hydrogen-bond acceptors (Lipinski definition) is 3. The van der Waals surface area contributed by atoms with Gasteiger partial charge in [-0.1, -0.05) is 18.2 Å². The largest absolute Gasteiger partial charge is 0.319 e. The van der Waals surface area contributed by atoms with Crippen LogP contribution in [0.25, 0.3) is 0 Å². The molecule has 0 atom stereocenters. The van der Waals surface area contributed by atoms with Crippen LogP contribution < -0.4 is 5.32 Å². The molecule has 1 N–H and O–H groups in total. The van der Waals surface area contributed by atoms with E-state index in [0.717, 1.165) is 0 Å². The maximum absolute atomic E-state index is 11.6. The first-order valence-corrected chi connectivity index (χ1v) is 5.74. The molecule has 1 aromatic carbocycles. The fourth-order valence-electron chi connectivity index (χ4n) is 0.982. The highest BCUT2D eigenvalue weighted by Gasteiger charge is 2.11. The topological polar surface area (TPSA) is 46.2 Å². The molecule has 0 aliphatic heterocycles. The average Bonchev–Trinajstić information content (AvgIpc) is 2.16. The SMILES string of the molecule is CNCCS(=O)(=O)c1ccccc1.Cl. The molecule has 0 saturated carbocycles. The summed E-state index contributed by atoms with van der Waals surface area (Å²) >= 11 is 0. The van der Waals surface area contributed by atoms with Crippen molar-refractivity contribution in [1.82, 2.24) is 5.32 Å². The fourth-order valence-corrected chi connectivity index (χ4v) is 2.26. The lowest BCUT2D eigenvalue weighted by atomic mass is 10.4. The van der Waals surface area contributed by atoms with Crippen molar-refractivity contribution in [3.05, 3.63) is 30.3 Å². The number of sulfone groups is 1. The molecule has 1 rings (SSSR count). The molecule has 0 radical (unpaired) electrons.